The Morgan fingerprint density at radius 1 is 0.966 bits per heavy atom. The van der Waals surface area contributed by atoms with E-state index < -0.39 is 6.10 Å². The molecule has 4 aliphatic carbocycles. The van der Waals surface area contributed by atoms with Crippen LogP contribution in [0.15, 0.2) is 24.3 Å². The topological polar surface area (TPSA) is 35.9 Å². The molecule has 5 aliphatic rings. The van der Waals surface area contributed by atoms with E-state index in [1.807, 2.05) is 0 Å². The summed E-state index contributed by atoms with van der Waals surface area (Å²) in [5.74, 6) is 3.83. The summed E-state index contributed by atoms with van der Waals surface area (Å²) in [6.07, 6.45) is 9.44. The molecule has 4 saturated carbocycles. The highest BCUT2D eigenvalue weighted by Gasteiger charge is 2.51. The third-order valence-electron chi connectivity index (χ3n) is 8.23. The van der Waals surface area contributed by atoms with E-state index in [0.29, 0.717) is 18.6 Å². The van der Waals surface area contributed by atoms with Crippen molar-refractivity contribution in [2.24, 2.45) is 17.8 Å². The van der Waals surface area contributed by atoms with Crippen LogP contribution in [0.2, 0.25) is 0 Å². The molecular formula is C25H38N2O2. The molecule has 160 valence electrons. The Morgan fingerprint density at radius 3 is 2.28 bits per heavy atom. The fourth-order valence-electron chi connectivity index (χ4n) is 7.19. The van der Waals surface area contributed by atoms with Crippen LogP contribution in [0.4, 0.5) is 0 Å². The van der Waals surface area contributed by atoms with Crippen molar-refractivity contribution in [2.45, 2.75) is 56.5 Å². The molecule has 4 nitrogen and oxygen atoms in total. The van der Waals surface area contributed by atoms with Gasteiger partial charge in [0.1, 0.15) is 18.5 Å². The number of ether oxygens (including phenoxy) is 1. The van der Waals surface area contributed by atoms with Crippen LogP contribution in [0.5, 0.6) is 5.75 Å². The van der Waals surface area contributed by atoms with Gasteiger partial charge in [0.15, 0.2) is 0 Å². The minimum atomic E-state index is -0.429. The molecule has 0 aromatic heterocycles. The van der Waals surface area contributed by atoms with Gasteiger partial charge >= 0.3 is 0 Å². The number of aliphatic hydroxyl groups excluding tert-OH is 1. The predicted molar refractivity (Wildman–Crippen MR) is 116 cm³/mol. The monoisotopic (exact) mass is 398 g/mol. The first kappa shape index (κ1) is 19.8. The maximum atomic E-state index is 10.4. The van der Waals surface area contributed by atoms with E-state index in [4.69, 9.17) is 4.74 Å². The van der Waals surface area contributed by atoms with Crippen molar-refractivity contribution in [3.8, 4) is 5.75 Å². The van der Waals surface area contributed by atoms with E-state index in [0.717, 1.165) is 49.7 Å². The lowest BCUT2D eigenvalue weighted by Gasteiger charge is -2.57. The van der Waals surface area contributed by atoms with E-state index in [2.05, 4.69) is 41.1 Å². The lowest BCUT2D eigenvalue weighted by molar-refractivity contribution is -0.00522. The van der Waals surface area contributed by atoms with E-state index in [9.17, 15) is 5.11 Å². The van der Waals surface area contributed by atoms with Crippen LogP contribution in [0.3, 0.4) is 0 Å². The molecule has 6 rings (SSSR count). The zero-order chi connectivity index (χ0) is 19.8. The Labute approximate surface area is 176 Å². The molecule has 29 heavy (non-hydrogen) atoms. The summed E-state index contributed by atoms with van der Waals surface area (Å²) in [6.45, 7) is 5.43. The predicted octanol–water partition coefficient (Wildman–Crippen LogP) is 3.53. The number of benzene rings is 1. The molecule has 1 aromatic rings. The zero-order valence-electron chi connectivity index (χ0n) is 18.1. The largest absolute Gasteiger partial charge is 0.491 e. The Kier molecular flexibility index (Phi) is 5.61. The lowest BCUT2D eigenvalue weighted by Crippen LogP contribution is -2.48. The van der Waals surface area contributed by atoms with Crippen molar-refractivity contribution >= 4 is 0 Å². The highest BCUT2D eigenvalue weighted by atomic mass is 16.5. The minimum absolute atomic E-state index is 0.378. The first-order chi connectivity index (χ1) is 14.1. The van der Waals surface area contributed by atoms with E-state index in [1.165, 1.54) is 50.5 Å². The molecule has 1 aromatic carbocycles. The summed E-state index contributed by atoms with van der Waals surface area (Å²) >= 11 is 0. The highest BCUT2D eigenvalue weighted by molar-refractivity contribution is 5.34. The lowest BCUT2D eigenvalue weighted by atomic mass is 9.48. The number of β-amino-alcohol motifs (C(OH)–C–C–N with tert-alkyl or cyclic N) is 1. The molecule has 0 amide bonds. The summed E-state index contributed by atoms with van der Waals surface area (Å²) in [7, 11) is 2.18. The number of rotatable bonds is 6. The second-order valence-corrected chi connectivity index (χ2v) is 10.6. The van der Waals surface area contributed by atoms with Crippen molar-refractivity contribution in [1.29, 1.82) is 0 Å². The maximum absolute atomic E-state index is 10.4. The van der Waals surface area contributed by atoms with Gasteiger partial charge in [0.2, 0.25) is 0 Å². The van der Waals surface area contributed by atoms with Gasteiger partial charge in [0.05, 0.1) is 0 Å². The molecule has 4 heteroatoms. The third-order valence-corrected chi connectivity index (χ3v) is 8.23. The first-order valence-corrected chi connectivity index (χ1v) is 11.9. The SMILES string of the molecule is CN1CCCN(CC(O)COc2ccc(C34CC5CC(CC(C5)C3)C4)cc2)CC1. The molecule has 1 aliphatic heterocycles. The second-order valence-electron chi connectivity index (χ2n) is 10.6. The van der Waals surface area contributed by atoms with Gasteiger partial charge in [-0.25, -0.2) is 0 Å². The van der Waals surface area contributed by atoms with E-state index in [1.54, 1.807) is 0 Å². The summed E-state index contributed by atoms with van der Waals surface area (Å²) in [5.41, 5.74) is 1.99. The van der Waals surface area contributed by atoms with Gasteiger partial charge in [0, 0.05) is 19.6 Å². The molecule has 1 unspecified atom stereocenters. The van der Waals surface area contributed by atoms with Gasteiger partial charge in [-0.15, -0.1) is 0 Å². The maximum Gasteiger partial charge on any atom is 0.119 e. The molecule has 1 N–H and O–H groups in total. The number of hydrogen-bond acceptors (Lipinski definition) is 4. The summed E-state index contributed by atoms with van der Waals surface area (Å²) in [6, 6.07) is 8.92. The van der Waals surface area contributed by atoms with Crippen LogP contribution in [-0.2, 0) is 5.41 Å². The van der Waals surface area contributed by atoms with E-state index >= 15 is 0 Å². The summed E-state index contributed by atoms with van der Waals surface area (Å²) < 4.78 is 5.95. The molecule has 1 heterocycles. The standard InChI is InChI=1S/C25H38N2O2/c1-26-7-2-8-27(10-9-26)17-23(28)18-29-24-5-3-22(4-6-24)25-14-19-11-20(15-25)13-21(12-19)16-25/h3-6,19-21,23,28H,2,7-18H2,1H3. The van der Waals surface area contributed by atoms with E-state index in [-0.39, 0.29) is 0 Å². The van der Waals surface area contributed by atoms with Crippen molar-refractivity contribution < 1.29 is 9.84 Å². The van der Waals surface area contributed by atoms with Gasteiger partial charge in [0.25, 0.3) is 0 Å². The molecule has 5 fully saturated rings. The molecule has 0 radical (unpaired) electrons. The van der Waals surface area contributed by atoms with Gasteiger partial charge in [-0.1, -0.05) is 12.1 Å². The van der Waals surface area contributed by atoms with Gasteiger partial charge in [-0.2, -0.15) is 0 Å². The molecule has 1 saturated heterocycles. The molecule has 1 atom stereocenters. The average Bonchev–Trinajstić information content (AvgIpc) is 2.90. The summed E-state index contributed by atoms with van der Waals surface area (Å²) in [4.78, 5) is 4.74. The van der Waals surface area contributed by atoms with Crippen LogP contribution in [0, 0.1) is 17.8 Å². The van der Waals surface area contributed by atoms with Crippen LogP contribution in [-0.4, -0.2) is 67.4 Å². The van der Waals surface area contributed by atoms with Gasteiger partial charge in [-0.05, 0) is 106 Å². The number of hydrogen-bond donors (Lipinski definition) is 1. The number of aliphatic hydroxyl groups is 1. The number of likely N-dealkylation sites (N-methyl/N-ethyl adjacent to an activating group) is 1. The second kappa shape index (κ2) is 8.20. The summed E-state index contributed by atoms with van der Waals surface area (Å²) in [5, 5.41) is 10.4. The van der Waals surface area contributed by atoms with Crippen molar-refractivity contribution in [3.63, 3.8) is 0 Å². The van der Waals surface area contributed by atoms with Crippen molar-refractivity contribution in [3.05, 3.63) is 29.8 Å². The van der Waals surface area contributed by atoms with Crippen molar-refractivity contribution in [1.82, 2.24) is 9.80 Å². The molecular weight excluding hydrogens is 360 g/mol. The fraction of sp³-hybridized carbons (Fsp3) is 0.760. The Hall–Kier alpha value is -1.10. The fourth-order valence-corrected chi connectivity index (χ4v) is 7.19. The molecule has 4 bridgehead atoms. The Bertz CT molecular complexity index is 653. The Balaban J connectivity index is 1.14. The average molecular weight is 399 g/mol. The van der Waals surface area contributed by atoms with Crippen LogP contribution < -0.4 is 4.74 Å². The van der Waals surface area contributed by atoms with Crippen LogP contribution >= 0.6 is 0 Å². The third kappa shape index (κ3) is 4.35. The van der Waals surface area contributed by atoms with Crippen molar-refractivity contribution in [2.75, 3.05) is 46.4 Å². The number of nitrogens with zero attached hydrogens (tertiary/aromatic N) is 2. The quantitative estimate of drug-likeness (QED) is 0.795. The Morgan fingerprint density at radius 2 is 1.62 bits per heavy atom. The highest BCUT2D eigenvalue weighted by Crippen LogP contribution is 2.60. The normalized spacial score (nSPS) is 36.1. The van der Waals surface area contributed by atoms with Crippen LogP contribution in [0.25, 0.3) is 0 Å². The van der Waals surface area contributed by atoms with Crippen LogP contribution in [0.1, 0.15) is 50.5 Å². The van der Waals surface area contributed by atoms with Gasteiger partial charge in [-0.3, -0.25) is 4.90 Å². The molecule has 0 spiro atoms. The zero-order valence-corrected chi connectivity index (χ0v) is 18.1. The van der Waals surface area contributed by atoms with Gasteiger partial charge < -0.3 is 14.7 Å². The minimum Gasteiger partial charge on any atom is -0.491 e. The smallest absolute Gasteiger partial charge is 0.119 e. The first-order valence-electron chi connectivity index (χ1n) is 11.9.